The van der Waals surface area contributed by atoms with Crippen molar-refractivity contribution in [3.8, 4) is 0 Å². The van der Waals surface area contributed by atoms with Gasteiger partial charge in [-0.15, -0.1) is 0 Å². The summed E-state index contributed by atoms with van der Waals surface area (Å²) >= 11 is 0. The van der Waals surface area contributed by atoms with Gasteiger partial charge in [0.25, 0.3) is 5.56 Å². The molecule has 0 aliphatic heterocycles. The average Bonchev–Trinajstić information content (AvgIpc) is 2.33. The van der Waals surface area contributed by atoms with Crippen LogP contribution in [0.4, 0.5) is 9.18 Å². The number of H-pyrrole nitrogens is 1. The Kier molecular flexibility index (Phi) is 6.24. The zero-order chi connectivity index (χ0) is 13.4. The van der Waals surface area contributed by atoms with E-state index in [1.165, 1.54) is 7.05 Å². The van der Waals surface area contributed by atoms with Crippen LogP contribution in [0.3, 0.4) is 0 Å². The molecule has 0 aliphatic rings. The van der Waals surface area contributed by atoms with Crippen LogP contribution in [0.1, 0.15) is 16.7 Å². The molecule has 0 aliphatic carbocycles. The Morgan fingerprint density at radius 3 is 2.41 bits per heavy atom. The second kappa shape index (κ2) is 7.15. The third-order valence-electron chi connectivity index (χ3n) is 1.66. The summed E-state index contributed by atoms with van der Waals surface area (Å²) in [5, 5.41) is 2.10. The van der Waals surface area contributed by atoms with Crippen LogP contribution in [0.25, 0.3) is 0 Å². The summed E-state index contributed by atoms with van der Waals surface area (Å²) in [6.45, 7) is 4.00. The molecule has 0 bridgehead atoms. The highest BCUT2D eigenvalue weighted by Crippen LogP contribution is 1.82. The number of allylic oxidation sites excluding steroid dienone is 2. The minimum atomic E-state index is -1.19. The van der Waals surface area contributed by atoms with Gasteiger partial charge in [-0.05, 0) is 13.8 Å². The van der Waals surface area contributed by atoms with Crippen LogP contribution in [0.5, 0.6) is 0 Å². The van der Waals surface area contributed by atoms with Crippen molar-refractivity contribution in [3.05, 3.63) is 45.0 Å². The first-order valence-corrected chi connectivity index (χ1v) is 4.78. The fourth-order valence-corrected chi connectivity index (χ4v) is 0.719. The zero-order valence-corrected chi connectivity index (χ0v) is 9.78. The van der Waals surface area contributed by atoms with Gasteiger partial charge in [0.05, 0.1) is 6.20 Å². The molecule has 0 aromatic carbocycles. The Hall–Kier alpha value is -2.18. The first kappa shape index (κ1) is 14.8. The Balaban J connectivity index is -0.000000379. The molecule has 1 heterocycles. The van der Waals surface area contributed by atoms with Crippen LogP contribution in [0.15, 0.2) is 27.9 Å². The molecule has 0 atom stereocenters. The van der Waals surface area contributed by atoms with Crippen molar-refractivity contribution in [1.82, 2.24) is 14.9 Å². The maximum Gasteiger partial charge on any atom is 0.336 e. The van der Waals surface area contributed by atoms with E-state index in [1.54, 1.807) is 4.98 Å². The Bertz CT molecular complexity index is 521. The molecule has 1 aromatic heterocycles. The monoisotopic (exact) mass is 247 g/mol. The molecule has 0 radical (unpaired) electrons. The molecular formula is C10H18FN3O3. The fraction of sp³-hybridized carbons (Fsp3) is 0.300. The fourth-order valence-electron chi connectivity index (χ4n) is 0.719. The molecule has 1 amide bonds. The van der Waals surface area contributed by atoms with Gasteiger partial charge in [0, 0.05) is 9.90 Å². The number of aromatic amines is 1. The van der Waals surface area contributed by atoms with E-state index in [1.807, 2.05) is 26.0 Å². The number of rotatable bonds is 0. The van der Waals surface area contributed by atoms with Crippen LogP contribution < -0.4 is 16.6 Å². The highest BCUT2D eigenvalue weighted by molar-refractivity contribution is 5.75. The molecule has 0 saturated carbocycles. The minimum absolute atomic E-state index is 0. The first-order valence-electron chi connectivity index (χ1n) is 4.78. The summed E-state index contributed by atoms with van der Waals surface area (Å²) in [4.78, 5) is 33.9. The first-order chi connectivity index (χ1) is 7.97. The molecule has 0 spiro atoms. The third kappa shape index (κ3) is 4.45. The molecular weight excluding hydrogens is 229 g/mol. The van der Waals surface area contributed by atoms with E-state index in [4.69, 9.17) is 0 Å². The van der Waals surface area contributed by atoms with Crippen molar-refractivity contribution in [3.63, 3.8) is 0 Å². The summed E-state index contributed by atoms with van der Waals surface area (Å²) < 4.78 is 13.0. The molecule has 17 heavy (non-hydrogen) atoms. The van der Waals surface area contributed by atoms with E-state index in [0.29, 0.717) is 10.8 Å². The van der Waals surface area contributed by atoms with Crippen molar-refractivity contribution in [1.29, 1.82) is 0 Å². The molecule has 1 rings (SSSR count). The number of halogens is 1. The highest BCUT2D eigenvalue weighted by Gasteiger charge is 2.08. The van der Waals surface area contributed by atoms with E-state index in [9.17, 15) is 18.8 Å². The van der Waals surface area contributed by atoms with E-state index in [-0.39, 0.29) is 2.85 Å². The van der Waals surface area contributed by atoms with Crippen molar-refractivity contribution >= 4 is 6.03 Å². The van der Waals surface area contributed by atoms with Gasteiger partial charge < -0.3 is 5.32 Å². The lowest BCUT2D eigenvalue weighted by Crippen LogP contribution is -2.39. The van der Waals surface area contributed by atoms with Gasteiger partial charge in [0.15, 0.2) is 0 Å². The van der Waals surface area contributed by atoms with Crippen molar-refractivity contribution < 1.29 is 12.0 Å². The summed E-state index contributed by atoms with van der Waals surface area (Å²) in [5.74, 6) is -1.19. The van der Waals surface area contributed by atoms with Gasteiger partial charge in [-0.2, -0.15) is 4.39 Å². The Labute approximate surface area is 99.8 Å². The predicted molar refractivity (Wildman–Crippen MR) is 65.9 cm³/mol. The average molecular weight is 247 g/mol. The Morgan fingerprint density at radius 2 is 2.00 bits per heavy atom. The molecule has 2 N–H and O–H groups in total. The molecule has 1 aromatic rings. The maximum absolute atomic E-state index is 12.6. The normalized spacial score (nSPS) is 9.65. The lowest BCUT2D eigenvalue weighted by Gasteiger charge is -2.00. The number of aromatic nitrogens is 2. The second-order valence-electron chi connectivity index (χ2n) is 2.83. The molecule has 0 unspecified atom stereocenters. The van der Waals surface area contributed by atoms with Crippen LogP contribution in [-0.4, -0.2) is 22.6 Å². The Morgan fingerprint density at radius 1 is 1.47 bits per heavy atom. The number of nitrogens with zero attached hydrogens (tertiary/aromatic N) is 1. The number of nitrogens with one attached hydrogen (secondary N) is 2. The SMILES string of the molecule is C/C=C/C.CNC(=O)n1cc(F)c(=O)[nH]c1=O.[HH].[HH]. The van der Waals surface area contributed by atoms with Crippen LogP contribution in [-0.2, 0) is 0 Å². The van der Waals surface area contributed by atoms with Gasteiger partial charge in [0.2, 0.25) is 5.82 Å². The smallest absolute Gasteiger partial charge is 0.336 e. The van der Waals surface area contributed by atoms with Gasteiger partial charge in [0.1, 0.15) is 0 Å². The largest absolute Gasteiger partial charge is 0.340 e. The van der Waals surface area contributed by atoms with Gasteiger partial charge in [-0.3, -0.25) is 9.78 Å². The van der Waals surface area contributed by atoms with E-state index < -0.39 is 23.1 Å². The van der Waals surface area contributed by atoms with E-state index in [0.717, 1.165) is 0 Å². The number of carbonyl (C=O) groups excluding carboxylic acids is 1. The summed E-state index contributed by atoms with van der Waals surface area (Å²) in [6, 6.07) is -0.819. The van der Waals surface area contributed by atoms with Crippen molar-refractivity contribution in [2.75, 3.05) is 7.05 Å². The van der Waals surface area contributed by atoms with Crippen LogP contribution in [0.2, 0.25) is 0 Å². The lowest BCUT2D eigenvalue weighted by atomic mass is 10.6. The van der Waals surface area contributed by atoms with Crippen molar-refractivity contribution in [2.24, 2.45) is 0 Å². The third-order valence-corrected chi connectivity index (χ3v) is 1.66. The number of amides is 1. The van der Waals surface area contributed by atoms with Gasteiger partial charge in [-0.25, -0.2) is 14.2 Å². The number of carbonyl (C=O) groups is 1. The molecule has 0 fully saturated rings. The van der Waals surface area contributed by atoms with Crippen LogP contribution >= 0.6 is 0 Å². The highest BCUT2D eigenvalue weighted by atomic mass is 19.1. The minimum Gasteiger partial charge on any atom is -0.340 e. The quantitative estimate of drug-likeness (QED) is 0.669. The molecule has 0 saturated heterocycles. The summed E-state index contributed by atoms with van der Waals surface area (Å²) in [5.41, 5.74) is -2.13. The van der Waals surface area contributed by atoms with Crippen LogP contribution in [0, 0.1) is 5.82 Å². The van der Waals surface area contributed by atoms with Crippen molar-refractivity contribution in [2.45, 2.75) is 13.8 Å². The number of hydrogen-bond acceptors (Lipinski definition) is 3. The molecule has 6 nitrogen and oxygen atoms in total. The predicted octanol–water partition coefficient (Wildman–Crippen LogP) is 0.938. The van der Waals surface area contributed by atoms with E-state index >= 15 is 0 Å². The summed E-state index contributed by atoms with van der Waals surface area (Å²) in [7, 11) is 1.28. The van der Waals surface area contributed by atoms with Gasteiger partial charge >= 0.3 is 11.7 Å². The topological polar surface area (TPSA) is 84.0 Å². The van der Waals surface area contributed by atoms with Gasteiger partial charge in [-0.1, -0.05) is 12.2 Å². The molecule has 98 valence electrons. The maximum atomic E-state index is 12.6. The number of hydrogen-bond donors (Lipinski definition) is 2. The lowest BCUT2D eigenvalue weighted by molar-refractivity contribution is 0.242. The molecule has 7 heteroatoms. The second-order valence-corrected chi connectivity index (χ2v) is 2.83. The van der Waals surface area contributed by atoms with E-state index in [2.05, 4.69) is 5.32 Å². The standard InChI is InChI=1S/C6H6FN3O3.C4H8.2H2/c1-8-5(12)10-2-3(7)4(11)9-6(10)13;1-3-4-2;;/h2H,1H3,(H,8,12)(H,9,11,13);3-4H,1-2H3;2*1H/b;4-3+;;. The summed E-state index contributed by atoms with van der Waals surface area (Å²) in [6.07, 6.45) is 4.53. The zero-order valence-electron chi connectivity index (χ0n) is 9.78.